The highest BCUT2D eigenvalue weighted by Crippen LogP contribution is 2.39. The van der Waals surface area contributed by atoms with Crippen LogP contribution in [0.3, 0.4) is 0 Å². The molecule has 0 saturated carbocycles. The van der Waals surface area contributed by atoms with Crippen molar-refractivity contribution in [2.45, 2.75) is 25.8 Å². The van der Waals surface area contributed by atoms with Crippen molar-refractivity contribution in [1.82, 2.24) is 14.9 Å². The van der Waals surface area contributed by atoms with Gasteiger partial charge >= 0.3 is 0 Å². The number of nitrogens with one attached hydrogen (secondary N) is 1. The Morgan fingerprint density at radius 2 is 2.19 bits per heavy atom. The summed E-state index contributed by atoms with van der Waals surface area (Å²) in [5.41, 5.74) is 5.30. The van der Waals surface area contributed by atoms with Crippen LogP contribution in [-0.2, 0) is 16.1 Å². The zero-order valence-electron chi connectivity index (χ0n) is 14.7. The molecule has 3 aliphatic rings. The first-order chi connectivity index (χ1) is 13.2. The van der Waals surface area contributed by atoms with E-state index in [1.54, 1.807) is 10.9 Å². The van der Waals surface area contributed by atoms with Gasteiger partial charge in [0.2, 0.25) is 0 Å². The second-order valence-electron chi connectivity index (χ2n) is 7.04. The number of amides is 2. The van der Waals surface area contributed by atoms with Crippen molar-refractivity contribution < 1.29 is 9.59 Å². The summed E-state index contributed by atoms with van der Waals surface area (Å²) in [5, 5.41) is 2.97. The van der Waals surface area contributed by atoms with Crippen molar-refractivity contribution in [3.05, 3.63) is 65.7 Å². The fourth-order valence-corrected chi connectivity index (χ4v) is 4.12. The molecule has 0 spiro atoms. The molecular weight excluding hydrogens is 340 g/mol. The van der Waals surface area contributed by atoms with E-state index < -0.39 is 0 Å². The third-order valence-corrected chi connectivity index (χ3v) is 5.35. The van der Waals surface area contributed by atoms with Gasteiger partial charge in [-0.15, -0.1) is 0 Å². The maximum absolute atomic E-state index is 12.4. The van der Waals surface area contributed by atoms with E-state index in [0.29, 0.717) is 5.71 Å². The zero-order valence-corrected chi connectivity index (χ0v) is 14.7. The minimum atomic E-state index is -0.254. The van der Waals surface area contributed by atoms with Crippen molar-refractivity contribution >= 4 is 28.6 Å². The fraction of sp³-hybridized carbons (Fsp3) is 0.238. The average Bonchev–Trinajstić information content (AvgIpc) is 3.30. The number of hydrogen-bond acceptors (Lipinski definition) is 3. The highest BCUT2D eigenvalue weighted by molar-refractivity contribution is 6.11. The number of rotatable bonds is 2. The minimum Gasteiger partial charge on any atom is -0.325 e. The number of allylic oxidation sites excluding steroid dienone is 3. The van der Waals surface area contributed by atoms with E-state index in [9.17, 15) is 9.59 Å². The Morgan fingerprint density at radius 3 is 3.11 bits per heavy atom. The van der Waals surface area contributed by atoms with Crippen molar-refractivity contribution in [1.29, 1.82) is 0 Å². The second-order valence-corrected chi connectivity index (χ2v) is 7.04. The highest BCUT2D eigenvalue weighted by atomic mass is 16.2. The summed E-state index contributed by atoms with van der Waals surface area (Å²) in [6.45, 7) is 0.131. The van der Waals surface area contributed by atoms with E-state index >= 15 is 0 Å². The first-order valence-electron chi connectivity index (χ1n) is 9.13. The number of para-hydroxylation sites is 2. The third-order valence-electron chi connectivity index (χ3n) is 5.35. The number of aliphatic imine (C=N–C) groups is 1. The van der Waals surface area contributed by atoms with E-state index in [1.807, 2.05) is 42.5 Å². The van der Waals surface area contributed by atoms with Gasteiger partial charge in [0.15, 0.2) is 0 Å². The predicted octanol–water partition coefficient (Wildman–Crippen LogP) is 2.68. The largest absolute Gasteiger partial charge is 0.325 e. The lowest BCUT2D eigenvalue weighted by Gasteiger charge is -2.28. The molecule has 1 aromatic carbocycles. The van der Waals surface area contributed by atoms with Crippen LogP contribution in [-0.4, -0.2) is 27.1 Å². The molecule has 0 bridgehead atoms. The predicted molar refractivity (Wildman–Crippen MR) is 102 cm³/mol. The number of nitrogens with zero attached hydrogens (tertiary/aromatic N) is 3. The summed E-state index contributed by atoms with van der Waals surface area (Å²) in [7, 11) is 0. The molecule has 1 atom stereocenters. The van der Waals surface area contributed by atoms with Crippen LogP contribution in [0.4, 0.5) is 0 Å². The Labute approximate surface area is 156 Å². The molecular formula is C21H18N4O2. The van der Waals surface area contributed by atoms with Gasteiger partial charge in [-0.2, -0.15) is 0 Å². The van der Waals surface area contributed by atoms with Crippen molar-refractivity contribution in [3.63, 3.8) is 0 Å². The maximum Gasteiger partial charge on any atom is 0.266 e. The van der Waals surface area contributed by atoms with Crippen LogP contribution in [0.2, 0.25) is 0 Å². The zero-order chi connectivity index (χ0) is 18.4. The smallest absolute Gasteiger partial charge is 0.266 e. The Morgan fingerprint density at radius 1 is 1.30 bits per heavy atom. The molecule has 2 aromatic rings. The van der Waals surface area contributed by atoms with Crippen LogP contribution >= 0.6 is 0 Å². The van der Waals surface area contributed by atoms with Crippen LogP contribution in [0.25, 0.3) is 11.0 Å². The average molecular weight is 358 g/mol. The Hall–Kier alpha value is -3.28. The van der Waals surface area contributed by atoms with E-state index in [1.165, 1.54) is 5.57 Å². The minimum absolute atomic E-state index is 0.00383. The van der Waals surface area contributed by atoms with Gasteiger partial charge < -0.3 is 9.88 Å². The lowest BCUT2D eigenvalue weighted by atomic mass is 9.85. The van der Waals surface area contributed by atoms with Gasteiger partial charge in [-0.1, -0.05) is 18.2 Å². The molecule has 2 heterocycles. The molecule has 0 saturated heterocycles. The number of imidazole rings is 1. The van der Waals surface area contributed by atoms with Crippen LogP contribution in [0.15, 0.2) is 70.7 Å². The number of carbonyl (C=O) groups is 2. The summed E-state index contributed by atoms with van der Waals surface area (Å²) in [6.07, 6.45) is 10.2. The summed E-state index contributed by atoms with van der Waals surface area (Å²) >= 11 is 0. The van der Waals surface area contributed by atoms with Gasteiger partial charge in [-0.05, 0) is 49.1 Å². The van der Waals surface area contributed by atoms with Gasteiger partial charge in [-0.25, -0.2) is 9.98 Å². The molecule has 1 aliphatic heterocycles. The Kier molecular flexibility index (Phi) is 3.63. The van der Waals surface area contributed by atoms with Crippen LogP contribution in [0, 0.1) is 5.92 Å². The van der Waals surface area contributed by atoms with E-state index in [0.717, 1.165) is 41.6 Å². The monoisotopic (exact) mass is 358 g/mol. The number of carbonyl (C=O) groups excluding carboxylic acids is 2. The fourth-order valence-electron chi connectivity index (χ4n) is 4.12. The standard InChI is InChI=1S/C21H18N4O2/c26-20(11-25-12-22-17-6-1-2-7-19(17)25)23-13-8-9-15-14-4-3-5-16(14)21(27)24-18(15)10-13/h1-2,6-10,12,15H,3-5,11H2,(H,24,27). The quantitative estimate of drug-likeness (QED) is 0.897. The van der Waals surface area contributed by atoms with E-state index in [2.05, 4.69) is 15.3 Å². The second kappa shape index (κ2) is 6.16. The van der Waals surface area contributed by atoms with Gasteiger partial charge in [-0.3, -0.25) is 9.59 Å². The molecule has 134 valence electrons. The first-order valence-corrected chi connectivity index (χ1v) is 9.13. The van der Waals surface area contributed by atoms with Gasteiger partial charge in [0.05, 0.1) is 23.1 Å². The Balaban J connectivity index is 1.38. The maximum atomic E-state index is 12.4. The highest BCUT2D eigenvalue weighted by Gasteiger charge is 2.34. The van der Waals surface area contributed by atoms with E-state index in [4.69, 9.17) is 0 Å². The van der Waals surface area contributed by atoms with Crippen LogP contribution in [0.5, 0.6) is 0 Å². The summed E-state index contributed by atoms with van der Waals surface area (Å²) in [4.78, 5) is 33.2. The molecule has 0 radical (unpaired) electrons. The normalized spacial score (nSPS) is 22.7. The first kappa shape index (κ1) is 15.9. The summed E-state index contributed by atoms with van der Waals surface area (Å²) in [5.74, 6) is -0.140. The summed E-state index contributed by atoms with van der Waals surface area (Å²) < 4.78 is 1.79. The molecule has 6 nitrogen and oxygen atoms in total. The number of aromatic nitrogens is 2. The molecule has 1 unspecified atom stereocenters. The molecule has 1 N–H and O–H groups in total. The van der Waals surface area contributed by atoms with Crippen LogP contribution < -0.4 is 5.32 Å². The van der Waals surface area contributed by atoms with Crippen molar-refractivity contribution in [2.75, 3.05) is 0 Å². The molecule has 27 heavy (non-hydrogen) atoms. The third kappa shape index (κ3) is 2.73. The number of fused-ring (bicyclic) bond motifs is 3. The molecule has 5 rings (SSSR count). The molecule has 6 heteroatoms. The number of benzene rings is 1. The molecule has 1 aromatic heterocycles. The van der Waals surface area contributed by atoms with E-state index in [-0.39, 0.29) is 24.3 Å². The van der Waals surface area contributed by atoms with Gasteiger partial charge in [0.25, 0.3) is 11.8 Å². The van der Waals surface area contributed by atoms with Crippen molar-refractivity contribution in [2.24, 2.45) is 10.9 Å². The lowest BCUT2D eigenvalue weighted by molar-refractivity contribution is -0.118. The van der Waals surface area contributed by atoms with Crippen molar-refractivity contribution in [3.8, 4) is 0 Å². The number of hydrogen-bond donors (Lipinski definition) is 1. The molecule has 2 amide bonds. The van der Waals surface area contributed by atoms with Crippen LogP contribution in [0.1, 0.15) is 19.3 Å². The topological polar surface area (TPSA) is 76.3 Å². The SMILES string of the molecule is O=C(Cn1cnc2ccccc21)N=C1C=CC2C(=C1)NC(=O)C1=C2CCC1. The molecule has 0 fully saturated rings. The lowest BCUT2D eigenvalue weighted by Crippen LogP contribution is -2.35. The van der Waals surface area contributed by atoms with Gasteiger partial charge in [0, 0.05) is 17.2 Å². The summed E-state index contributed by atoms with van der Waals surface area (Å²) in [6, 6.07) is 7.68. The van der Waals surface area contributed by atoms with Gasteiger partial charge in [0.1, 0.15) is 6.54 Å². The molecule has 2 aliphatic carbocycles. The Bertz CT molecular complexity index is 1100.